The lowest BCUT2D eigenvalue weighted by molar-refractivity contribution is 0.0954. The molecule has 0 aliphatic rings. The van der Waals surface area contributed by atoms with Crippen molar-refractivity contribution >= 4 is 11.6 Å². The van der Waals surface area contributed by atoms with Crippen molar-refractivity contribution < 1.29 is 9.53 Å². The maximum Gasteiger partial charge on any atom is 0.271 e. The van der Waals surface area contributed by atoms with E-state index in [0.717, 1.165) is 30.5 Å². The Morgan fingerprint density at radius 3 is 2.52 bits per heavy atom. The number of ether oxygens (including phenoxy) is 1. The molecule has 1 N–H and O–H groups in total. The van der Waals surface area contributed by atoms with Crippen LogP contribution in [0, 0.1) is 0 Å². The third-order valence-electron chi connectivity index (χ3n) is 3.50. The van der Waals surface area contributed by atoms with Crippen molar-refractivity contribution in [3.8, 4) is 5.75 Å². The Morgan fingerprint density at radius 2 is 1.83 bits per heavy atom. The number of hydrazone groups is 1. The van der Waals surface area contributed by atoms with Crippen LogP contribution in [0.4, 0.5) is 0 Å². The highest BCUT2D eigenvalue weighted by Gasteiger charge is 2.08. The van der Waals surface area contributed by atoms with Crippen molar-refractivity contribution in [1.82, 2.24) is 5.43 Å². The van der Waals surface area contributed by atoms with Crippen LogP contribution in [0.2, 0.25) is 0 Å². The molecule has 4 heteroatoms. The molecule has 0 aliphatic carbocycles. The lowest BCUT2D eigenvalue weighted by Gasteiger charge is -2.08. The monoisotopic (exact) mass is 310 g/mol. The largest absolute Gasteiger partial charge is 0.497 e. The summed E-state index contributed by atoms with van der Waals surface area (Å²) in [5.41, 5.74) is 5.10. The minimum atomic E-state index is -0.242. The van der Waals surface area contributed by atoms with Crippen LogP contribution in [0.25, 0.3) is 0 Å². The van der Waals surface area contributed by atoms with Crippen molar-refractivity contribution in [2.75, 3.05) is 7.11 Å². The molecule has 0 atom stereocenters. The first kappa shape index (κ1) is 16.7. The third kappa shape index (κ3) is 4.95. The molecule has 0 aliphatic heterocycles. The quantitative estimate of drug-likeness (QED) is 0.620. The smallest absolute Gasteiger partial charge is 0.271 e. The van der Waals surface area contributed by atoms with Gasteiger partial charge in [-0.2, -0.15) is 5.10 Å². The normalized spacial score (nSPS) is 11.1. The van der Waals surface area contributed by atoms with Crippen LogP contribution in [0.5, 0.6) is 5.75 Å². The summed E-state index contributed by atoms with van der Waals surface area (Å²) in [5.74, 6) is 0.407. The van der Waals surface area contributed by atoms with E-state index >= 15 is 0 Å². The first-order valence-corrected chi connectivity index (χ1v) is 7.81. The number of benzene rings is 2. The van der Waals surface area contributed by atoms with Crippen LogP contribution in [0.3, 0.4) is 0 Å². The van der Waals surface area contributed by atoms with E-state index < -0.39 is 0 Å². The summed E-state index contributed by atoms with van der Waals surface area (Å²) >= 11 is 0. The third-order valence-corrected chi connectivity index (χ3v) is 3.50. The molecule has 0 unspecified atom stereocenters. The summed E-state index contributed by atoms with van der Waals surface area (Å²) in [6, 6.07) is 16.9. The lowest BCUT2D eigenvalue weighted by Crippen LogP contribution is -2.20. The van der Waals surface area contributed by atoms with Crippen LogP contribution in [-0.4, -0.2) is 18.7 Å². The molecule has 120 valence electrons. The first-order valence-electron chi connectivity index (χ1n) is 7.81. The molecule has 1 amide bonds. The lowest BCUT2D eigenvalue weighted by atomic mass is 10.1. The molecule has 23 heavy (non-hydrogen) atoms. The summed E-state index contributed by atoms with van der Waals surface area (Å²) in [4.78, 5) is 12.2. The molecule has 0 fully saturated rings. The number of carbonyl (C=O) groups excluding carboxylic acids is 1. The predicted octanol–water partition coefficient (Wildman–Crippen LogP) is 4.02. The van der Waals surface area contributed by atoms with Crippen LogP contribution >= 0.6 is 0 Å². The molecule has 0 heterocycles. The molecule has 0 bridgehead atoms. The van der Waals surface area contributed by atoms with Gasteiger partial charge < -0.3 is 4.74 Å². The van der Waals surface area contributed by atoms with E-state index in [1.165, 1.54) is 0 Å². The van der Waals surface area contributed by atoms with Crippen molar-refractivity contribution in [3.05, 3.63) is 65.7 Å². The van der Waals surface area contributed by atoms with Gasteiger partial charge in [0.15, 0.2) is 0 Å². The van der Waals surface area contributed by atoms with Gasteiger partial charge in [0.2, 0.25) is 0 Å². The number of rotatable bonds is 7. The average molecular weight is 310 g/mol. The maximum atomic E-state index is 12.2. The molecular formula is C19H22N2O2. The summed E-state index contributed by atoms with van der Waals surface area (Å²) in [7, 11) is 1.58. The van der Waals surface area contributed by atoms with E-state index in [0.29, 0.717) is 11.3 Å². The summed E-state index contributed by atoms with van der Waals surface area (Å²) in [6.45, 7) is 2.14. The minimum Gasteiger partial charge on any atom is -0.497 e. The first-order chi connectivity index (χ1) is 11.2. The molecule has 2 aromatic rings. The summed E-state index contributed by atoms with van der Waals surface area (Å²) in [6.07, 6.45) is 2.94. The van der Waals surface area contributed by atoms with E-state index in [1.54, 1.807) is 31.4 Å². The molecule has 0 radical (unpaired) electrons. The van der Waals surface area contributed by atoms with Crippen molar-refractivity contribution in [3.63, 3.8) is 0 Å². The highest BCUT2D eigenvalue weighted by atomic mass is 16.5. The number of nitrogens with one attached hydrogen (secondary N) is 1. The van der Waals surface area contributed by atoms with Crippen molar-refractivity contribution in [2.24, 2.45) is 5.10 Å². The highest BCUT2D eigenvalue weighted by molar-refractivity contribution is 6.02. The SMILES string of the molecule is CCCCC(=NNC(=O)c1cccc(OC)c1)c1ccccc1. The van der Waals surface area contributed by atoms with Gasteiger partial charge in [-0.1, -0.05) is 49.7 Å². The summed E-state index contributed by atoms with van der Waals surface area (Å²) < 4.78 is 5.14. The van der Waals surface area contributed by atoms with Gasteiger partial charge in [0.25, 0.3) is 5.91 Å². The van der Waals surface area contributed by atoms with Gasteiger partial charge >= 0.3 is 0 Å². The van der Waals surface area contributed by atoms with Gasteiger partial charge in [0.05, 0.1) is 12.8 Å². The molecule has 0 saturated heterocycles. The number of nitrogens with zero attached hydrogens (tertiary/aromatic N) is 1. The fourth-order valence-electron chi connectivity index (χ4n) is 2.19. The highest BCUT2D eigenvalue weighted by Crippen LogP contribution is 2.13. The topological polar surface area (TPSA) is 50.7 Å². The summed E-state index contributed by atoms with van der Waals surface area (Å²) in [5, 5.41) is 4.34. The van der Waals surface area contributed by atoms with Crippen LogP contribution in [-0.2, 0) is 0 Å². The Hall–Kier alpha value is -2.62. The molecular weight excluding hydrogens is 288 g/mol. The zero-order chi connectivity index (χ0) is 16.5. The second-order valence-corrected chi connectivity index (χ2v) is 5.20. The molecule has 2 aromatic carbocycles. The van der Waals surface area contributed by atoms with Gasteiger partial charge in [-0.05, 0) is 36.6 Å². The van der Waals surface area contributed by atoms with Gasteiger partial charge in [-0.15, -0.1) is 0 Å². The van der Waals surface area contributed by atoms with E-state index in [9.17, 15) is 4.79 Å². The number of amides is 1. The van der Waals surface area contributed by atoms with E-state index in [1.807, 2.05) is 30.3 Å². The number of unbranched alkanes of at least 4 members (excludes halogenated alkanes) is 1. The second kappa shape index (κ2) is 8.73. The van der Waals surface area contributed by atoms with Crippen LogP contribution in [0.1, 0.15) is 42.1 Å². The van der Waals surface area contributed by atoms with Gasteiger partial charge in [0.1, 0.15) is 5.75 Å². The number of carbonyl (C=O) groups is 1. The maximum absolute atomic E-state index is 12.2. The second-order valence-electron chi connectivity index (χ2n) is 5.20. The number of hydrogen-bond donors (Lipinski definition) is 1. The zero-order valence-electron chi connectivity index (χ0n) is 13.6. The van der Waals surface area contributed by atoms with E-state index in [2.05, 4.69) is 17.5 Å². The van der Waals surface area contributed by atoms with Gasteiger partial charge in [-0.3, -0.25) is 4.79 Å². The van der Waals surface area contributed by atoms with E-state index in [-0.39, 0.29) is 5.91 Å². The molecule has 0 saturated carbocycles. The standard InChI is InChI=1S/C19H22N2O2/c1-3-4-13-18(15-9-6-5-7-10-15)20-21-19(22)16-11-8-12-17(14-16)23-2/h5-12,14H,3-4,13H2,1-2H3,(H,21,22). The molecule has 2 rings (SSSR count). The molecule has 4 nitrogen and oxygen atoms in total. The van der Waals surface area contributed by atoms with Crippen molar-refractivity contribution in [2.45, 2.75) is 26.2 Å². The van der Waals surface area contributed by atoms with Gasteiger partial charge in [-0.25, -0.2) is 5.43 Å². The Morgan fingerprint density at radius 1 is 1.09 bits per heavy atom. The number of hydrogen-bond acceptors (Lipinski definition) is 3. The fourth-order valence-corrected chi connectivity index (χ4v) is 2.19. The Labute approximate surface area is 137 Å². The van der Waals surface area contributed by atoms with Crippen LogP contribution < -0.4 is 10.2 Å². The van der Waals surface area contributed by atoms with Gasteiger partial charge in [0, 0.05) is 5.56 Å². The van der Waals surface area contributed by atoms with Crippen molar-refractivity contribution in [1.29, 1.82) is 0 Å². The van der Waals surface area contributed by atoms with E-state index in [4.69, 9.17) is 4.74 Å². The molecule has 0 spiro atoms. The number of methoxy groups -OCH3 is 1. The minimum absolute atomic E-state index is 0.242. The molecule has 0 aromatic heterocycles. The Bertz CT molecular complexity index is 666. The fraction of sp³-hybridized carbons (Fsp3) is 0.263. The Kier molecular flexibility index (Phi) is 6.36. The predicted molar refractivity (Wildman–Crippen MR) is 93.0 cm³/mol. The Balaban J connectivity index is 2.14. The average Bonchev–Trinajstić information content (AvgIpc) is 2.62. The van der Waals surface area contributed by atoms with Crippen LogP contribution in [0.15, 0.2) is 59.7 Å². The zero-order valence-corrected chi connectivity index (χ0v) is 13.6.